The molecule has 0 radical (unpaired) electrons. The molecule has 7 nitrogen and oxygen atoms in total. The van der Waals surface area contributed by atoms with Crippen LogP contribution in [-0.2, 0) is 14.4 Å². The minimum Gasteiger partial charge on any atom is -0.492 e. The molecule has 1 aliphatic heterocycles. The van der Waals surface area contributed by atoms with E-state index >= 15 is 0 Å². The van der Waals surface area contributed by atoms with Crippen molar-refractivity contribution in [3.63, 3.8) is 0 Å². The van der Waals surface area contributed by atoms with Gasteiger partial charge in [0, 0.05) is 18.7 Å². The smallest absolute Gasteiger partial charge is 0.251 e. The number of nitrogens with zero attached hydrogens (tertiary/aromatic N) is 1. The highest BCUT2D eigenvalue weighted by molar-refractivity contribution is 6.03. The second kappa shape index (κ2) is 10.7. The van der Waals surface area contributed by atoms with Gasteiger partial charge in [-0.15, -0.1) is 0 Å². The quantitative estimate of drug-likeness (QED) is 0.537. The Kier molecular flexibility index (Phi) is 7.22. The first-order chi connectivity index (χ1) is 16.6. The summed E-state index contributed by atoms with van der Waals surface area (Å²) < 4.78 is 5.66. The Morgan fingerprint density at radius 2 is 1.62 bits per heavy atom. The van der Waals surface area contributed by atoms with E-state index in [-0.39, 0.29) is 30.7 Å². The number of nitrogens with one attached hydrogen (secondary N) is 2. The van der Waals surface area contributed by atoms with E-state index in [4.69, 9.17) is 4.74 Å². The summed E-state index contributed by atoms with van der Waals surface area (Å²) in [4.78, 5) is 40.7. The Morgan fingerprint density at radius 1 is 0.971 bits per heavy atom. The number of ether oxygens (including phenoxy) is 1. The number of anilines is 2. The fraction of sp³-hybridized carbons (Fsp3) is 0.222. The van der Waals surface area contributed by atoms with Crippen molar-refractivity contribution in [1.29, 1.82) is 0 Å². The van der Waals surface area contributed by atoms with Crippen LogP contribution in [0.5, 0.6) is 5.75 Å². The average molecular weight is 458 g/mol. The Morgan fingerprint density at radius 3 is 2.32 bits per heavy atom. The van der Waals surface area contributed by atoms with Crippen molar-refractivity contribution in [3.05, 3.63) is 90.5 Å². The van der Waals surface area contributed by atoms with Gasteiger partial charge in [-0.3, -0.25) is 14.4 Å². The summed E-state index contributed by atoms with van der Waals surface area (Å²) in [5, 5.41) is 5.72. The minimum atomic E-state index is -0.895. The molecule has 0 saturated carbocycles. The van der Waals surface area contributed by atoms with Crippen molar-refractivity contribution in [1.82, 2.24) is 5.32 Å². The summed E-state index contributed by atoms with van der Waals surface area (Å²) in [6.07, 6.45) is 0.0636. The van der Waals surface area contributed by atoms with Gasteiger partial charge in [-0.25, -0.2) is 0 Å². The van der Waals surface area contributed by atoms with Gasteiger partial charge in [0.2, 0.25) is 11.8 Å². The number of para-hydroxylation sites is 3. The highest BCUT2D eigenvalue weighted by atomic mass is 16.5. The van der Waals surface area contributed by atoms with Crippen LogP contribution in [0.2, 0.25) is 0 Å². The number of hydrogen-bond acceptors (Lipinski definition) is 4. The molecule has 2 unspecified atom stereocenters. The molecule has 0 aromatic heterocycles. The zero-order valence-electron chi connectivity index (χ0n) is 18.9. The van der Waals surface area contributed by atoms with Gasteiger partial charge in [0.25, 0.3) is 5.91 Å². The van der Waals surface area contributed by atoms with Gasteiger partial charge in [0.15, 0.2) is 0 Å². The molecule has 0 aliphatic carbocycles. The molecule has 3 aromatic carbocycles. The summed E-state index contributed by atoms with van der Waals surface area (Å²) in [6, 6.07) is 24.5. The first kappa shape index (κ1) is 23.0. The van der Waals surface area contributed by atoms with Gasteiger partial charge in [-0.05, 0) is 36.8 Å². The normalized spacial score (nSPS) is 16.1. The van der Waals surface area contributed by atoms with Crippen LogP contribution in [0, 0.1) is 5.92 Å². The van der Waals surface area contributed by atoms with E-state index in [2.05, 4.69) is 10.6 Å². The SMILES string of the molecule is CCOc1ccccc1N1CC(C(=O)NC(C(=O)Nc2ccccc2)c2ccccc2)CC1=O. The molecule has 1 saturated heterocycles. The first-order valence-corrected chi connectivity index (χ1v) is 11.3. The van der Waals surface area contributed by atoms with E-state index < -0.39 is 12.0 Å². The third kappa shape index (κ3) is 5.26. The maximum absolute atomic E-state index is 13.2. The summed E-state index contributed by atoms with van der Waals surface area (Å²) in [5.74, 6) is -0.838. The molecule has 1 heterocycles. The lowest BCUT2D eigenvalue weighted by Crippen LogP contribution is -2.40. The summed E-state index contributed by atoms with van der Waals surface area (Å²) in [7, 11) is 0. The third-order valence-corrected chi connectivity index (χ3v) is 5.67. The highest BCUT2D eigenvalue weighted by Gasteiger charge is 2.37. The van der Waals surface area contributed by atoms with Crippen LogP contribution in [0.4, 0.5) is 11.4 Å². The second-order valence-corrected chi connectivity index (χ2v) is 8.01. The monoisotopic (exact) mass is 457 g/mol. The van der Waals surface area contributed by atoms with E-state index in [0.29, 0.717) is 29.3 Å². The Balaban J connectivity index is 1.51. The summed E-state index contributed by atoms with van der Waals surface area (Å²) >= 11 is 0. The van der Waals surface area contributed by atoms with Crippen LogP contribution in [-0.4, -0.2) is 30.9 Å². The van der Waals surface area contributed by atoms with Crippen LogP contribution in [0.25, 0.3) is 0 Å². The summed E-state index contributed by atoms with van der Waals surface area (Å²) in [5.41, 5.74) is 1.94. The molecule has 0 bridgehead atoms. The standard InChI is InChI=1S/C27H27N3O4/c1-2-34-23-16-10-9-15-22(23)30-18-20(17-24(30)31)26(32)29-25(19-11-5-3-6-12-19)27(33)28-21-13-7-4-8-14-21/h3-16,20,25H,2,17-18H2,1H3,(H,28,33)(H,29,32). The average Bonchev–Trinajstić information content (AvgIpc) is 3.25. The molecule has 3 amide bonds. The maximum Gasteiger partial charge on any atom is 0.251 e. The molecule has 2 atom stereocenters. The van der Waals surface area contributed by atoms with E-state index in [1.807, 2.05) is 61.5 Å². The van der Waals surface area contributed by atoms with Gasteiger partial charge in [0.1, 0.15) is 11.8 Å². The summed E-state index contributed by atoms with van der Waals surface area (Å²) in [6.45, 7) is 2.57. The van der Waals surface area contributed by atoms with E-state index in [1.165, 1.54) is 0 Å². The van der Waals surface area contributed by atoms with Gasteiger partial charge < -0.3 is 20.3 Å². The molecule has 3 aromatic rings. The topological polar surface area (TPSA) is 87.7 Å². The zero-order valence-corrected chi connectivity index (χ0v) is 18.9. The minimum absolute atomic E-state index is 0.0636. The molecule has 7 heteroatoms. The van der Waals surface area contributed by atoms with Crippen LogP contribution in [0.3, 0.4) is 0 Å². The Hall–Kier alpha value is -4.13. The van der Waals surface area contributed by atoms with Crippen molar-refractivity contribution in [2.24, 2.45) is 5.92 Å². The van der Waals surface area contributed by atoms with Crippen molar-refractivity contribution in [2.45, 2.75) is 19.4 Å². The molecule has 2 N–H and O–H groups in total. The lowest BCUT2D eigenvalue weighted by atomic mass is 10.0. The van der Waals surface area contributed by atoms with Crippen LogP contribution in [0.1, 0.15) is 24.9 Å². The van der Waals surface area contributed by atoms with Crippen LogP contribution >= 0.6 is 0 Å². The molecule has 4 rings (SSSR count). The molecule has 0 spiro atoms. The number of rotatable bonds is 8. The van der Waals surface area contributed by atoms with Crippen molar-refractivity contribution in [3.8, 4) is 5.75 Å². The lowest BCUT2D eigenvalue weighted by Gasteiger charge is -2.22. The number of hydrogen-bond donors (Lipinski definition) is 2. The molecule has 1 aliphatic rings. The molecular formula is C27H27N3O4. The number of amides is 3. The number of benzene rings is 3. The molecule has 1 fully saturated rings. The van der Waals surface area contributed by atoms with Gasteiger partial charge in [-0.1, -0.05) is 60.7 Å². The van der Waals surface area contributed by atoms with E-state index in [0.717, 1.165) is 0 Å². The van der Waals surface area contributed by atoms with E-state index in [9.17, 15) is 14.4 Å². The third-order valence-electron chi connectivity index (χ3n) is 5.67. The lowest BCUT2D eigenvalue weighted by molar-refractivity contribution is -0.129. The van der Waals surface area contributed by atoms with Crippen molar-refractivity contribution in [2.75, 3.05) is 23.4 Å². The fourth-order valence-electron chi connectivity index (χ4n) is 4.02. The largest absolute Gasteiger partial charge is 0.492 e. The number of carbonyl (C=O) groups excluding carboxylic acids is 3. The zero-order chi connectivity index (χ0) is 23.9. The predicted molar refractivity (Wildman–Crippen MR) is 130 cm³/mol. The van der Waals surface area contributed by atoms with Gasteiger partial charge in [0.05, 0.1) is 18.2 Å². The van der Waals surface area contributed by atoms with Crippen LogP contribution in [0.15, 0.2) is 84.9 Å². The Bertz CT molecular complexity index is 1150. The predicted octanol–water partition coefficient (Wildman–Crippen LogP) is 3.93. The van der Waals surface area contributed by atoms with Crippen molar-refractivity contribution >= 4 is 29.1 Å². The maximum atomic E-state index is 13.2. The number of carbonyl (C=O) groups is 3. The second-order valence-electron chi connectivity index (χ2n) is 8.01. The van der Waals surface area contributed by atoms with Crippen molar-refractivity contribution < 1.29 is 19.1 Å². The Labute approximate surface area is 198 Å². The fourth-order valence-corrected chi connectivity index (χ4v) is 4.02. The van der Waals surface area contributed by atoms with Crippen LogP contribution < -0.4 is 20.3 Å². The van der Waals surface area contributed by atoms with Gasteiger partial charge >= 0.3 is 0 Å². The first-order valence-electron chi connectivity index (χ1n) is 11.3. The molecular weight excluding hydrogens is 430 g/mol. The molecule has 174 valence electrons. The van der Waals surface area contributed by atoms with Gasteiger partial charge in [-0.2, -0.15) is 0 Å². The molecule has 34 heavy (non-hydrogen) atoms. The van der Waals surface area contributed by atoms with E-state index in [1.54, 1.807) is 35.2 Å². The highest BCUT2D eigenvalue weighted by Crippen LogP contribution is 2.33.